The van der Waals surface area contributed by atoms with Gasteiger partial charge < -0.3 is 10.5 Å². The summed E-state index contributed by atoms with van der Waals surface area (Å²) in [6.07, 6.45) is -0.427. The molecule has 0 amide bonds. The van der Waals surface area contributed by atoms with Gasteiger partial charge in [-0.2, -0.15) is 13.2 Å². The Morgan fingerprint density at radius 2 is 1.92 bits per heavy atom. The predicted octanol–water partition coefficient (Wildman–Crippen LogP) is 4.16. The summed E-state index contributed by atoms with van der Waals surface area (Å²) < 4.78 is 71.3. The average Bonchev–Trinajstić information content (AvgIpc) is 3.50. The molecule has 0 radical (unpaired) electrons. The van der Waals surface area contributed by atoms with Crippen LogP contribution in [-0.4, -0.2) is 47.7 Å². The van der Waals surface area contributed by atoms with Crippen LogP contribution < -0.4 is 10.5 Å². The minimum Gasteiger partial charge on any atom is -0.458 e. The lowest BCUT2D eigenvalue weighted by Gasteiger charge is -2.47. The number of nitrogens with one attached hydrogen (secondary N) is 1. The van der Waals surface area contributed by atoms with Gasteiger partial charge in [0, 0.05) is 22.7 Å². The predicted molar refractivity (Wildman–Crippen MR) is 133 cm³/mol. The summed E-state index contributed by atoms with van der Waals surface area (Å²) >= 11 is 1.42. The molecule has 9 nitrogen and oxygen atoms in total. The molecule has 3 aliphatic carbocycles. The van der Waals surface area contributed by atoms with Gasteiger partial charge in [-0.25, -0.2) is 32.9 Å². The molecule has 202 valence electrons. The number of esters is 1. The van der Waals surface area contributed by atoms with Gasteiger partial charge in [0.05, 0.1) is 33.3 Å². The second kappa shape index (κ2) is 8.99. The van der Waals surface area contributed by atoms with Crippen LogP contribution >= 0.6 is 11.3 Å². The van der Waals surface area contributed by atoms with Crippen LogP contribution in [0, 0.1) is 19.3 Å². The highest BCUT2D eigenvalue weighted by atomic mass is 32.2. The van der Waals surface area contributed by atoms with Crippen LogP contribution in [0.3, 0.4) is 0 Å². The second-order valence-corrected chi connectivity index (χ2v) is 12.9. The number of nitrogens with two attached hydrogens (primary N) is 1. The Bertz CT molecular complexity index is 1530. The lowest BCUT2D eigenvalue weighted by Crippen LogP contribution is -2.56. The number of fused-ring (bicyclic) bond motifs is 1. The molecule has 0 spiro atoms. The molecule has 2 heterocycles. The van der Waals surface area contributed by atoms with Gasteiger partial charge in [-0.05, 0) is 57.2 Å². The normalized spacial score (nSPS) is 22.8. The van der Waals surface area contributed by atoms with E-state index in [1.165, 1.54) is 29.7 Å². The highest BCUT2D eigenvalue weighted by Crippen LogP contribution is 2.62. The number of alkyl halides is 3. The van der Waals surface area contributed by atoms with Crippen molar-refractivity contribution in [2.75, 3.05) is 12.3 Å². The number of anilines is 1. The summed E-state index contributed by atoms with van der Waals surface area (Å²) in [6.45, 7) is 3.30. The maximum atomic E-state index is 13.4. The monoisotopic (exact) mass is 567 g/mol. The van der Waals surface area contributed by atoms with Gasteiger partial charge in [-0.15, -0.1) is 11.3 Å². The first kappa shape index (κ1) is 26.5. The number of carbonyl (C=O) groups excluding carboxylic acids is 1. The highest BCUT2D eigenvalue weighted by Gasteiger charge is 2.63. The molecule has 0 atom stereocenters. The minimum atomic E-state index is -5.06. The molecule has 38 heavy (non-hydrogen) atoms. The molecule has 3 N–H and O–H groups in total. The number of benzene rings is 1. The van der Waals surface area contributed by atoms with Crippen molar-refractivity contribution in [1.29, 1.82) is 0 Å². The summed E-state index contributed by atoms with van der Waals surface area (Å²) in [7, 11) is -3.98. The van der Waals surface area contributed by atoms with Crippen LogP contribution in [0.4, 0.5) is 19.0 Å². The van der Waals surface area contributed by atoms with Crippen molar-refractivity contribution in [3.8, 4) is 21.8 Å². The van der Waals surface area contributed by atoms with Crippen molar-refractivity contribution >= 4 is 33.1 Å². The zero-order chi connectivity index (χ0) is 27.5. The van der Waals surface area contributed by atoms with Gasteiger partial charge >= 0.3 is 12.1 Å². The highest BCUT2D eigenvalue weighted by molar-refractivity contribution is 7.89. The van der Waals surface area contributed by atoms with E-state index >= 15 is 0 Å². The number of hydrogen-bond donors (Lipinski definition) is 2. The number of nitrogen functional groups attached to an aromatic ring is 1. The fraction of sp³-hybridized carbons (Fsp3) is 0.417. The fourth-order valence-electron chi connectivity index (χ4n) is 5.41. The van der Waals surface area contributed by atoms with E-state index in [-0.39, 0.29) is 17.3 Å². The zero-order valence-corrected chi connectivity index (χ0v) is 22.1. The van der Waals surface area contributed by atoms with Crippen LogP contribution in [0.15, 0.2) is 35.5 Å². The number of nitrogens with zero attached hydrogens (tertiary/aromatic N) is 3. The zero-order valence-electron chi connectivity index (χ0n) is 20.4. The standard InChI is InChI=1S/C24H24F3N5O4S2/c1-13-3-4-15(7-16(13)17-8-30-20(28)19(31-17)18-9-29-14(2)37-18)38(34,35)32-23-6-5-22(10-23,11-23)12-36-21(33)24(25,26)27/h3-4,7-9,32H,5-6,10-12H2,1-2H3,(H2,28,30). The molecule has 1 aromatic carbocycles. The van der Waals surface area contributed by atoms with Gasteiger partial charge in [-0.1, -0.05) is 6.07 Å². The lowest BCUT2D eigenvalue weighted by molar-refractivity contribution is -0.204. The third kappa shape index (κ3) is 4.87. The number of ether oxygens (including phenoxy) is 1. The molecule has 3 aliphatic rings. The largest absolute Gasteiger partial charge is 0.490 e. The molecular weight excluding hydrogens is 543 g/mol. The van der Waals surface area contributed by atoms with E-state index in [0.717, 1.165) is 15.4 Å². The van der Waals surface area contributed by atoms with Crippen molar-refractivity contribution in [1.82, 2.24) is 19.7 Å². The van der Waals surface area contributed by atoms with Gasteiger partial charge in [0.2, 0.25) is 10.0 Å². The van der Waals surface area contributed by atoms with E-state index in [2.05, 4.69) is 24.4 Å². The van der Waals surface area contributed by atoms with E-state index in [1.807, 2.05) is 13.8 Å². The molecule has 2 bridgehead atoms. The second-order valence-electron chi connectivity index (χ2n) is 10.0. The number of hydrogen-bond acceptors (Lipinski definition) is 9. The summed E-state index contributed by atoms with van der Waals surface area (Å²) in [5.41, 5.74) is 6.86. The molecule has 3 fully saturated rings. The molecule has 0 unspecified atom stereocenters. The van der Waals surface area contributed by atoms with E-state index in [1.54, 1.807) is 12.3 Å². The van der Waals surface area contributed by atoms with Crippen molar-refractivity contribution in [3.63, 3.8) is 0 Å². The first-order valence-corrected chi connectivity index (χ1v) is 14.0. The first-order chi connectivity index (χ1) is 17.7. The van der Waals surface area contributed by atoms with Crippen molar-refractivity contribution in [2.45, 2.75) is 56.1 Å². The number of thiazole rings is 1. The number of sulfonamides is 1. The van der Waals surface area contributed by atoms with Crippen molar-refractivity contribution in [3.05, 3.63) is 41.2 Å². The summed E-state index contributed by atoms with van der Waals surface area (Å²) in [6, 6.07) is 4.68. The quantitative estimate of drug-likeness (QED) is 0.406. The molecule has 2 aromatic heterocycles. The van der Waals surface area contributed by atoms with Gasteiger partial charge in [0.15, 0.2) is 5.82 Å². The Hall–Kier alpha value is -3.10. The van der Waals surface area contributed by atoms with Crippen LogP contribution in [0.2, 0.25) is 0 Å². The number of aromatic nitrogens is 3. The lowest BCUT2D eigenvalue weighted by atomic mass is 9.66. The Morgan fingerprint density at radius 3 is 2.58 bits per heavy atom. The van der Waals surface area contributed by atoms with Crippen LogP contribution in [0.1, 0.15) is 36.3 Å². The van der Waals surface area contributed by atoms with E-state index in [0.29, 0.717) is 42.6 Å². The smallest absolute Gasteiger partial charge is 0.458 e. The first-order valence-electron chi connectivity index (χ1n) is 11.7. The van der Waals surface area contributed by atoms with Gasteiger partial charge in [-0.3, -0.25) is 0 Å². The van der Waals surface area contributed by atoms with Crippen LogP contribution in [0.25, 0.3) is 21.8 Å². The Kier molecular flexibility index (Phi) is 6.27. The summed E-state index contributed by atoms with van der Waals surface area (Å²) in [5, 5.41) is 0.840. The number of carbonyl (C=O) groups is 1. The molecule has 6 rings (SSSR count). The maximum absolute atomic E-state index is 13.4. The third-order valence-corrected chi connectivity index (χ3v) is 9.60. The number of rotatable bonds is 7. The Balaban J connectivity index is 1.35. The molecular formula is C24H24F3N5O4S2. The van der Waals surface area contributed by atoms with Crippen LogP contribution in [0.5, 0.6) is 0 Å². The third-order valence-electron chi connectivity index (χ3n) is 7.10. The number of aryl methyl sites for hydroxylation is 2. The SMILES string of the molecule is Cc1ncc(-c2nc(-c3cc(S(=O)(=O)NC45CCC(COC(=O)C(F)(F)F)(C4)C5)ccc3C)cnc2N)s1. The fourth-order valence-corrected chi connectivity index (χ4v) is 7.64. The summed E-state index contributed by atoms with van der Waals surface area (Å²) in [5.74, 6) is -2.00. The molecule has 14 heteroatoms. The molecule has 3 saturated carbocycles. The van der Waals surface area contributed by atoms with E-state index in [9.17, 15) is 26.4 Å². The van der Waals surface area contributed by atoms with Crippen molar-refractivity contribution in [2.24, 2.45) is 5.41 Å². The molecule has 0 aliphatic heterocycles. The number of halogens is 3. The summed E-state index contributed by atoms with van der Waals surface area (Å²) in [4.78, 5) is 25.0. The van der Waals surface area contributed by atoms with Gasteiger partial charge in [0.1, 0.15) is 5.69 Å². The molecule has 0 saturated heterocycles. The van der Waals surface area contributed by atoms with Crippen LogP contribution in [-0.2, 0) is 19.6 Å². The van der Waals surface area contributed by atoms with E-state index in [4.69, 9.17) is 5.73 Å². The Labute approximate surface area is 220 Å². The van der Waals surface area contributed by atoms with Crippen molar-refractivity contribution < 1.29 is 31.1 Å². The molecule has 3 aromatic rings. The topological polar surface area (TPSA) is 137 Å². The van der Waals surface area contributed by atoms with E-state index < -0.39 is 33.1 Å². The average molecular weight is 568 g/mol. The van der Waals surface area contributed by atoms with Gasteiger partial charge in [0.25, 0.3) is 0 Å². The maximum Gasteiger partial charge on any atom is 0.490 e. The minimum absolute atomic E-state index is 0.0224. The Morgan fingerprint density at radius 1 is 1.18 bits per heavy atom.